The average molecular weight is 445 g/mol. The van der Waals surface area contributed by atoms with Crippen molar-refractivity contribution in [2.75, 3.05) is 17.2 Å². The Morgan fingerprint density at radius 1 is 1.18 bits per heavy atom. The molecule has 4 rings (SSSR count). The van der Waals surface area contributed by atoms with Crippen LogP contribution in [0.1, 0.15) is 38.7 Å². The third-order valence-corrected chi connectivity index (χ3v) is 6.62. The molecule has 2 aromatic rings. The predicted octanol–water partition coefficient (Wildman–Crippen LogP) is 3.69. The Labute approximate surface area is 193 Å². The van der Waals surface area contributed by atoms with Crippen molar-refractivity contribution < 1.29 is 14.4 Å². The lowest BCUT2D eigenvalue weighted by Gasteiger charge is -2.42. The van der Waals surface area contributed by atoms with Gasteiger partial charge >= 0.3 is 0 Å². The van der Waals surface area contributed by atoms with Crippen LogP contribution >= 0.6 is 0 Å². The maximum absolute atomic E-state index is 13.6. The third-order valence-electron chi connectivity index (χ3n) is 6.62. The number of rotatable bonds is 5. The first kappa shape index (κ1) is 22.5. The second-order valence-electron chi connectivity index (χ2n) is 9.25. The molecule has 2 aliphatic rings. The number of benzene rings is 2. The van der Waals surface area contributed by atoms with Crippen molar-refractivity contribution >= 4 is 29.1 Å². The van der Waals surface area contributed by atoms with Crippen molar-refractivity contribution in [2.24, 2.45) is 11.8 Å². The molecule has 1 saturated heterocycles. The van der Waals surface area contributed by atoms with Crippen LogP contribution in [-0.2, 0) is 19.8 Å². The summed E-state index contributed by atoms with van der Waals surface area (Å²) in [6.07, 6.45) is 1.00. The molecule has 0 saturated carbocycles. The topological polar surface area (TPSA) is 102 Å². The molecule has 1 unspecified atom stereocenters. The van der Waals surface area contributed by atoms with Crippen molar-refractivity contribution in [1.29, 1.82) is 5.26 Å². The van der Waals surface area contributed by atoms with E-state index in [2.05, 4.69) is 16.7 Å². The van der Waals surface area contributed by atoms with Crippen LogP contribution < -0.4 is 10.6 Å². The van der Waals surface area contributed by atoms with E-state index >= 15 is 0 Å². The maximum atomic E-state index is 13.6. The van der Waals surface area contributed by atoms with Crippen LogP contribution in [0.2, 0.25) is 0 Å². The minimum Gasteiger partial charge on any atom is -0.326 e. The van der Waals surface area contributed by atoms with Crippen molar-refractivity contribution in [1.82, 2.24) is 4.90 Å². The number of piperidine rings is 1. The van der Waals surface area contributed by atoms with Crippen molar-refractivity contribution in [3.05, 3.63) is 60.2 Å². The minimum atomic E-state index is -0.903. The van der Waals surface area contributed by atoms with E-state index < -0.39 is 17.4 Å². The number of likely N-dealkylation sites (tertiary alicyclic amines) is 1. The number of amides is 3. The molecular weight excluding hydrogens is 416 g/mol. The number of para-hydroxylation sites is 2. The summed E-state index contributed by atoms with van der Waals surface area (Å²) in [5, 5.41) is 15.7. The molecule has 7 nitrogen and oxygen atoms in total. The molecule has 0 radical (unpaired) electrons. The number of nitrogens with one attached hydrogen (secondary N) is 2. The van der Waals surface area contributed by atoms with Gasteiger partial charge in [0.25, 0.3) is 0 Å². The number of carbonyl (C=O) groups is 3. The van der Waals surface area contributed by atoms with Gasteiger partial charge in [-0.15, -0.1) is 0 Å². The number of nitriles is 1. The van der Waals surface area contributed by atoms with Gasteiger partial charge in [0.1, 0.15) is 12.0 Å². The summed E-state index contributed by atoms with van der Waals surface area (Å²) in [5.41, 5.74) is 1.44. The molecule has 170 valence electrons. The highest BCUT2D eigenvalue weighted by molar-refractivity contribution is 6.08. The zero-order chi connectivity index (χ0) is 23.6. The molecule has 1 fully saturated rings. The second kappa shape index (κ2) is 9.07. The number of fused-ring (bicyclic) bond motifs is 2. The molecule has 0 aromatic heterocycles. The van der Waals surface area contributed by atoms with Crippen LogP contribution in [0.4, 0.5) is 11.4 Å². The number of hydrogen-bond donors (Lipinski definition) is 2. The van der Waals surface area contributed by atoms with E-state index in [0.29, 0.717) is 18.5 Å². The first-order chi connectivity index (χ1) is 15.9. The summed E-state index contributed by atoms with van der Waals surface area (Å²) in [5.74, 6) is -1.65. The second-order valence-corrected chi connectivity index (χ2v) is 9.25. The normalized spacial score (nSPS) is 22.4. The molecular formula is C26H28N4O3. The standard InChI is InChI=1S/C26H28N4O3/c1-17(2)14-20(23(31)28-18-8-4-3-5-9-18)24(32)30-13-12-26(15-19(30)16-27)21-10-6-7-11-22(21)29-25(26)33/h3-11,17,19-20H,12-15H2,1-2H3,(H,28,31)(H,29,33)/t19-,20?,26+/m0/s1. The third kappa shape index (κ3) is 4.21. The van der Waals surface area contributed by atoms with Crippen LogP contribution in [-0.4, -0.2) is 35.2 Å². The van der Waals surface area contributed by atoms with E-state index in [4.69, 9.17) is 0 Å². The lowest BCUT2D eigenvalue weighted by atomic mass is 9.71. The van der Waals surface area contributed by atoms with Crippen LogP contribution in [0.25, 0.3) is 0 Å². The highest BCUT2D eigenvalue weighted by Crippen LogP contribution is 2.46. The van der Waals surface area contributed by atoms with Gasteiger partial charge in [-0.25, -0.2) is 0 Å². The van der Waals surface area contributed by atoms with E-state index in [1.165, 1.54) is 4.90 Å². The minimum absolute atomic E-state index is 0.115. The molecule has 2 aromatic carbocycles. The molecule has 33 heavy (non-hydrogen) atoms. The first-order valence-corrected chi connectivity index (χ1v) is 11.3. The lowest BCUT2D eigenvalue weighted by molar-refractivity contribution is -0.145. The molecule has 3 atom stereocenters. The molecule has 7 heteroatoms. The fourth-order valence-corrected chi connectivity index (χ4v) is 4.96. The van der Waals surface area contributed by atoms with Crippen molar-refractivity contribution in [3.63, 3.8) is 0 Å². The Morgan fingerprint density at radius 3 is 2.58 bits per heavy atom. The molecule has 2 heterocycles. The fraction of sp³-hybridized carbons (Fsp3) is 0.385. The van der Waals surface area contributed by atoms with Crippen LogP contribution in [0.5, 0.6) is 0 Å². The van der Waals surface area contributed by atoms with Gasteiger partial charge < -0.3 is 15.5 Å². The van der Waals surface area contributed by atoms with E-state index in [-0.39, 0.29) is 36.6 Å². The summed E-state index contributed by atoms with van der Waals surface area (Å²) in [6, 6.07) is 18.0. The van der Waals surface area contributed by atoms with Crippen molar-refractivity contribution in [2.45, 2.75) is 44.6 Å². The number of anilines is 2. The summed E-state index contributed by atoms with van der Waals surface area (Å²) >= 11 is 0. The maximum Gasteiger partial charge on any atom is 0.236 e. The molecule has 0 bridgehead atoms. The Balaban J connectivity index is 1.57. The summed E-state index contributed by atoms with van der Waals surface area (Å²) in [7, 11) is 0. The van der Waals surface area contributed by atoms with Crippen LogP contribution in [0.15, 0.2) is 54.6 Å². The van der Waals surface area contributed by atoms with Crippen molar-refractivity contribution in [3.8, 4) is 6.07 Å². The van der Waals surface area contributed by atoms with Gasteiger partial charge in [-0.05, 0) is 48.9 Å². The molecule has 2 N–H and O–H groups in total. The SMILES string of the molecule is CC(C)CC(C(=O)Nc1ccccc1)C(=O)N1CC[C@]2(C[C@H]1C#N)C(=O)Nc1ccccc12. The Bertz CT molecular complexity index is 1110. The largest absolute Gasteiger partial charge is 0.326 e. The van der Waals surface area contributed by atoms with Crippen LogP contribution in [0, 0.1) is 23.2 Å². The first-order valence-electron chi connectivity index (χ1n) is 11.3. The summed E-state index contributed by atoms with van der Waals surface area (Å²) < 4.78 is 0. The van der Waals surface area contributed by atoms with E-state index in [1.807, 2.05) is 56.3 Å². The number of nitrogens with zero attached hydrogens (tertiary/aromatic N) is 2. The van der Waals surface area contributed by atoms with Gasteiger partial charge in [-0.2, -0.15) is 5.26 Å². The summed E-state index contributed by atoms with van der Waals surface area (Å²) in [4.78, 5) is 41.1. The quantitative estimate of drug-likeness (QED) is 0.687. The zero-order valence-electron chi connectivity index (χ0n) is 18.9. The molecule has 3 amide bonds. The molecule has 0 aliphatic carbocycles. The van der Waals surface area contributed by atoms with Gasteiger partial charge in [0.15, 0.2) is 0 Å². The van der Waals surface area contributed by atoms with Gasteiger partial charge in [0.05, 0.1) is 11.5 Å². The fourth-order valence-electron chi connectivity index (χ4n) is 4.96. The summed E-state index contributed by atoms with van der Waals surface area (Å²) in [6.45, 7) is 4.16. The zero-order valence-corrected chi connectivity index (χ0v) is 18.9. The Hall–Kier alpha value is -3.66. The predicted molar refractivity (Wildman–Crippen MR) is 125 cm³/mol. The molecule has 2 aliphatic heterocycles. The van der Waals surface area contributed by atoms with E-state index in [1.54, 1.807) is 12.1 Å². The lowest BCUT2D eigenvalue weighted by Crippen LogP contribution is -2.55. The number of hydrogen-bond acceptors (Lipinski definition) is 4. The number of carbonyl (C=O) groups excluding carboxylic acids is 3. The van der Waals surface area contributed by atoms with Gasteiger partial charge in [-0.1, -0.05) is 50.2 Å². The Morgan fingerprint density at radius 2 is 1.88 bits per heavy atom. The highest BCUT2D eigenvalue weighted by Gasteiger charge is 2.52. The van der Waals surface area contributed by atoms with E-state index in [0.717, 1.165) is 11.3 Å². The highest BCUT2D eigenvalue weighted by atomic mass is 16.2. The monoisotopic (exact) mass is 444 g/mol. The van der Waals surface area contributed by atoms with Gasteiger partial charge in [0.2, 0.25) is 17.7 Å². The average Bonchev–Trinajstić information content (AvgIpc) is 3.08. The van der Waals surface area contributed by atoms with Crippen LogP contribution in [0.3, 0.4) is 0 Å². The van der Waals surface area contributed by atoms with Gasteiger partial charge in [0, 0.05) is 17.9 Å². The van der Waals surface area contributed by atoms with E-state index in [9.17, 15) is 19.6 Å². The smallest absolute Gasteiger partial charge is 0.236 e. The van der Waals surface area contributed by atoms with Gasteiger partial charge in [-0.3, -0.25) is 14.4 Å². The molecule has 1 spiro atoms. The Kier molecular flexibility index (Phi) is 6.19.